The van der Waals surface area contributed by atoms with E-state index in [9.17, 15) is 9.90 Å². The summed E-state index contributed by atoms with van der Waals surface area (Å²) >= 11 is 0. The lowest BCUT2D eigenvalue weighted by molar-refractivity contribution is 0.0827. The minimum Gasteiger partial charge on any atom is -0.397 e. The largest absolute Gasteiger partial charge is 0.397 e. The quantitative estimate of drug-likeness (QED) is 0.784. The van der Waals surface area contributed by atoms with E-state index < -0.39 is 0 Å². The molecule has 1 unspecified atom stereocenters. The number of hydrogen-bond acceptors (Lipinski definition) is 4. The van der Waals surface area contributed by atoms with E-state index in [-0.39, 0.29) is 12.0 Å². The van der Waals surface area contributed by atoms with Gasteiger partial charge in [-0.3, -0.25) is 4.79 Å². The van der Waals surface area contributed by atoms with E-state index in [2.05, 4.69) is 0 Å². The zero-order valence-corrected chi connectivity index (χ0v) is 12.1. The van der Waals surface area contributed by atoms with Crippen molar-refractivity contribution in [3.8, 4) is 0 Å². The van der Waals surface area contributed by atoms with Crippen LogP contribution in [-0.2, 0) is 0 Å². The summed E-state index contributed by atoms with van der Waals surface area (Å²) in [6, 6.07) is 5.30. The third kappa shape index (κ3) is 4.13. The van der Waals surface area contributed by atoms with Gasteiger partial charge in [0.2, 0.25) is 0 Å². The molecule has 0 saturated heterocycles. The summed E-state index contributed by atoms with van der Waals surface area (Å²) in [5.74, 6) is -0.0649. The number of benzene rings is 1. The van der Waals surface area contributed by atoms with E-state index >= 15 is 0 Å². The molecule has 0 spiro atoms. The number of nitrogens with two attached hydrogens (primary N) is 1. The number of amides is 1. The first kappa shape index (κ1) is 15.3. The second kappa shape index (κ2) is 6.43. The third-order valence-electron chi connectivity index (χ3n) is 2.97. The zero-order valence-electron chi connectivity index (χ0n) is 12.1. The normalized spacial score (nSPS) is 12.1. The maximum absolute atomic E-state index is 11.8. The number of nitrogens with zero attached hydrogens (tertiary/aromatic N) is 2. The second-order valence-electron chi connectivity index (χ2n) is 5.03. The molecule has 0 saturated carbocycles. The van der Waals surface area contributed by atoms with Gasteiger partial charge in [0.05, 0.1) is 17.5 Å². The SMILES string of the molecule is CC(O)CCN(C)c1ccc(C(=O)N(C)C)cc1N. The fourth-order valence-electron chi connectivity index (χ4n) is 1.79. The van der Waals surface area contributed by atoms with Gasteiger partial charge in [0.25, 0.3) is 5.91 Å². The highest BCUT2D eigenvalue weighted by Gasteiger charge is 2.12. The summed E-state index contributed by atoms with van der Waals surface area (Å²) in [5, 5.41) is 9.29. The average molecular weight is 265 g/mol. The van der Waals surface area contributed by atoms with Crippen molar-refractivity contribution in [1.82, 2.24) is 4.90 Å². The van der Waals surface area contributed by atoms with Crippen LogP contribution in [-0.4, -0.2) is 49.7 Å². The van der Waals surface area contributed by atoms with Crippen molar-refractivity contribution in [2.24, 2.45) is 0 Å². The minimum atomic E-state index is -0.335. The molecule has 5 nitrogen and oxygen atoms in total. The molecule has 1 aromatic rings. The second-order valence-corrected chi connectivity index (χ2v) is 5.03. The van der Waals surface area contributed by atoms with Crippen molar-refractivity contribution in [2.45, 2.75) is 19.4 Å². The standard InChI is InChI=1S/C14H23N3O2/c1-10(18)7-8-17(4)13-6-5-11(9-12(13)15)14(19)16(2)3/h5-6,9-10,18H,7-8,15H2,1-4H3. The van der Waals surface area contributed by atoms with Crippen molar-refractivity contribution in [3.63, 3.8) is 0 Å². The predicted molar refractivity (Wildman–Crippen MR) is 78.4 cm³/mol. The Hall–Kier alpha value is -1.75. The van der Waals surface area contributed by atoms with E-state index in [1.807, 2.05) is 18.0 Å². The van der Waals surface area contributed by atoms with Gasteiger partial charge in [-0.15, -0.1) is 0 Å². The van der Waals surface area contributed by atoms with Crippen molar-refractivity contribution in [2.75, 3.05) is 38.3 Å². The molecule has 1 atom stereocenters. The van der Waals surface area contributed by atoms with Crippen LogP contribution in [0.2, 0.25) is 0 Å². The van der Waals surface area contributed by atoms with E-state index in [1.54, 1.807) is 33.2 Å². The zero-order chi connectivity index (χ0) is 14.6. The highest BCUT2D eigenvalue weighted by atomic mass is 16.3. The van der Waals surface area contributed by atoms with Crippen molar-refractivity contribution in [3.05, 3.63) is 23.8 Å². The molecule has 19 heavy (non-hydrogen) atoms. The van der Waals surface area contributed by atoms with Crippen LogP contribution in [0.25, 0.3) is 0 Å². The van der Waals surface area contributed by atoms with Gasteiger partial charge in [0.1, 0.15) is 0 Å². The number of carbonyl (C=O) groups excluding carboxylic acids is 1. The number of rotatable bonds is 5. The monoisotopic (exact) mass is 265 g/mol. The number of aliphatic hydroxyl groups excluding tert-OH is 1. The summed E-state index contributed by atoms with van der Waals surface area (Å²) in [6.07, 6.45) is 0.340. The van der Waals surface area contributed by atoms with Crippen LogP contribution in [0, 0.1) is 0 Å². The predicted octanol–water partition coefficient (Wildman–Crippen LogP) is 1.18. The number of aliphatic hydroxyl groups is 1. The molecule has 0 bridgehead atoms. The molecule has 5 heteroatoms. The van der Waals surface area contributed by atoms with Gasteiger partial charge in [-0.05, 0) is 31.5 Å². The Morgan fingerprint density at radius 3 is 2.47 bits per heavy atom. The van der Waals surface area contributed by atoms with Crippen LogP contribution >= 0.6 is 0 Å². The molecular weight excluding hydrogens is 242 g/mol. The number of hydrogen-bond donors (Lipinski definition) is 2. The molecule has 106 valence electrons. The van der Waals surface area contributed by atoms with Crippen LogP contribution in [0.5, 0.6) is 0 Å². The van der Waals surface area contributed by atoms with E-state index in [0.29, 0.717) is 24.2 Å². The fraction of sp³-hybridized carbons (Fsp3) is 0.500. The van der Waals surface area contributed by atoms with E-state index in [1.165, 1.54) is 4.90 Å². The van der Waals surface area contributed by atoms with E-state index in [0.717, 1.165) is 5.69 Å². The molecule has 0 heterocycles. The number of carbonyl (C=O) groups is 1. The molecule has 1 rings (SSSR count). The first-order valence-electron chi connectivity index (χ1n) is 6.33. The summed E-state index contributed by atoms with van der Waals surface area (Å²) < 4.78 is 0. The lowest BCUT2D eigenvalue weighted by Crippen LogP contribution is -2.24. The smallest absolute Gasteiger partial charge is 0.253 e. The Bertz CT molecular complexity index is 444. The molecular formula is C14H23N3O2. The third-order valence-corrected chi connectivity index (χ3v) is 2.97. The Morgan fingerprint density at radius 1 is 1.37 bits per heavy atom. The topological polar surface area (TPSA) is 69.8 Å². The fourth-order valence-corrected chi connectivity index (χ4v) is 1.79. The van der Waals surface area contributed by atoms with Crippen LogP contribution in [0.15, 0.2) is 18.2 Å². The van der Waals surface area contributed by atoms with Crippen molar-refractivity contribution >= 4 is 17.3 Å². The van der Waals surface area contributed by atoms with E-state index in [4.69, 9.17) is 5.73 Å². The van der Waals surface area contributed by atoms with Gasteiger partial charge >= 0.3 is 0 Å². The number of anilines is 2. The Morgan fingerprint density at radius 2 is 2.00 bits per heavy atom. The van der Waals surface area contributed by atoms with Gasteiger partial charge in [0, 0.05) is 33.3 Å². The Labute approximate surface area is 114 Å². The molecule has 1 amide bonds. The lowest BCUT2D eigenvalue weighted by Gasteiger charge is -2.22. The highest BCUT2D eigenvalue weighted by molar-refractivity contribution is 5.95. The summed E-state index contributed by atoms with van der Waals surface area (Å²) in [6.45, 7) is 2.47. The summed E-state index contributed by atoms with van der Waals surface area (Å²) in [7, 11) is 5.34. The van der Waals surface area contributed by atoms with Gasteiger partial charge in [0.15, 0.2) is 0 Å². The van der Waals surface area contributed by atoms with Crippen LogP contribution in [0.1, 0.15) is 23.7 Å². The lowest BCUT2D eigenvalue weighted by atomic mass is 10.1. The van der Waals surface area contributed by atoms with Gasteiger partial charge < -0.3 is 20.6 Å². The first-order chi connectivity index (χ1) is 8.82. The molecule has 0 aliphatic rings. The van der Waals surface area contributed by atoms with Crippen molar-refractivity contribution < 1.29 is 9.90 Å². The van der Waals surface area contributed by atoms with Crippen LogP contribution in [0.3, 0.4) is 0 Å². The minimum absolute atomic E-state index is 0.0649. The molecule has 0 fully saturated rings. The van der Waals surface area contributed by atoms with Crippen LogP contribution < -0.4 is 10.6 Å². The highest BCUT2D eigenvalue weighted by Crippen LogP contribution is 2.24. The summed E-state index contributed by atoms with van der Waals surface area (Å²) in [4.78, 5) is 15.3. The van der Waals surface area contributed by atoms with Gasteiger partial charge in [-0.1, -0.05) is 0 Å². The number of nitrogen functional groups attached to an aromatic ring is 1. The molecule has 0 aliphatic heterocycles. The molecule has 0 radical (unpaired) electrons. The summed E-state index contributed by atoms with van der Waals surface area (Å²) in [5.41, 5.74) is 8.01. The molecule has 0 aliphatic carbocycles. The Balaban J connectivity index is 2.85. The van der Waals surface area contributed by atoms with Crippen LogP contribution in [0.4, 0.5) is 11.4 Å². The van der Waals surface area contributed by atoms with Crippen molar-refractivity contribution in [1.29, 1.82) is 0 Å². The molecule has 3 N–H and O–H groups in total. The molecule has 0 aromatic heterocycles. The van der Waals surface area contributed by atoms with Gasteiger partial charge in [-0.2, -0.15) is 0 Å². The molecule has 1 aromatic carbocycles. The Kier molecular flexibility index (Phi) is 5.18. The van der Waals surface area contributed by atoms with Gasteiger partial charge in [-0.25, -0.2) is 0 Å². The maximum Gasteiger partial charge on any atom is 0.253 e. The first-order valence-corrected chi connectivity index (χ1v) is 6.33. The average Bonchev–Trinajstić information content (AvgIpc) is 2.34. The maximum atomic E-state index is 11.8.